The first kappa shape index (κ1) is 13.4. The Kier molecular flexibility index (Phi) is 3.69. The Labute approximate surface area is 123 Å². The van der Waals surface area contributed by atoms with Crippen LogP contribution in [0.3, 0.4) is 0 Å². The molecule has 3 aromatic rings. The van der Waals surface area contributed by atoms with Crippen LogP contribution in [0, 0.1) is 6.92 Å². The molecule has 0 radical (unpaired) electrons. The van der Waals surface area contributed by atoms with Gasteiger partial charge in [0.15, 0.2) is 0 Å². The van der Waals surface area contributed by atoms with E-state index in [0.29, 0.717) is 18.2 Å². The van der Waals surface area contributed by atoms with Crippen LogP contribution in [0.2, 0.25) is 0 Å². The molecule has 4 nitrogen and oxygen atoms in total. The fraction of sp³-hybridized carbons (Fsp3) is 0.176. The molecule has 2 aromatic carbocycles. The molecular formula is C17H16N2O2. The van der Waals surface area contributed by atoms with Gasteiger partial charge in [0.05, 0.1) is 23.8 Å². The summed E-state index contributed by atoms with van der Waals surface area (Å²) in [6.07, 6.45) is 1.63. The predicted octanol–water partition coefficient (Wildman–Crippen LogP) is 4.13. The fourth-order valence-electron chi connectivity index (χ4n) is 2.05. The van der Waals surface area contributed by atoms with Gasteiger partial charge in [0.1, 0.15) is 11.5 Å². The first-order chi connectivity index (χ1) is 10.2. The Balaban J connectivity index is 1.83. The molecule has 0 saturated heterocycles. The Morgan fingerprint density at radius 1 is 0.952 bits per heavy atom. The summed E-state index contributed by atoms with van der Waals surface area (Å²) < 4.78 is 11.1. The van der Waals surface area contributed by atoms with Gasteiger partial charge in [-0.2, -0.15) is 0 Å². The lowest BCUT2D eigenvalue weighted by molar-refractivity contribution is 0.339. The highest BCUT2D eigenvalue weighted by atomic mass is 16.5. The van der Waals surface area contributed by atoms with Crippen molar-refractivity contribution in [2.75, 3.05) is 6.61 Å². The van der Waals surface area contributed by atoms with Gasteiger partial charge in [0.2, 0.25) is 5.88 Å². The molecule has 1 aromatic heterocycles. The Morgan fingerprint density at radius 2 is 1.71 bits per heavy atom. The number of ether oxygens (including phenoxy) is 2. The number of hydrogen-bond acceptors (Lipinski definition) is 4. The zero-order valence-corrected chi connectivity index (χ0v) is 12.0. The smallest absolute Gasteiger partial charge is 0.238 e. The Bertz CT molecular complexity index is 754. The maximum absolute atomic E-state index is 5.73. The Hall–Kier alpha value is -2.62. The van der Waals surface area contributed by atoms with E-state index in [1.54, 1.807) is 6.20 Å². The summed E-state index contributed by atoms with van der Waals surface area (Å²) in [5, 5.41) is 0. The number of fused-ring (bicyclic) bond motifs is 1. The standard InChI is InChI=1S/C17H16N2O2/c1-3-20-13-5-7-14(8-6-13)21-17-11-18-15-9-4-12(2)10-16(15)19-17/h4-11H,3H2,1-2H3. The minimum absolute atomic E-state index is 0.484. The van der Waals surface area contributed by atoms with Crippen molar-refractivity contribution in [2.45, 2.75) is 13.8 Å². The normalized spacial score (nSPS) is 10.6. The van der Waals surface area contributed by atoms with Crippen molar-refractivity contribution in [1.82, 2.24) is 9.97 Å². The van der Waals surface area contributed by atoms with Crippen LogP contribution in [0.1, 0.15) is 12.5 Å². The summed E-state index contributed by atoms with van der Waals surface area (Å²) in [6.45, 7) is 4.63. The average molecular weight is 280 g/mol. The topological polar surface area (TPSA) is 44.2 Å². The van der Waals surface area contributed by atoms with Crippen LogP contribution in [0.25, 0.3) is 11.0 Å². The second-order valence-electron chi connectivity index (χ2n) is 4.71. The second-order valence-corrected chi connectivity index (χ2v) is 4.71. The van der Waals surface area contributed by atoms with Gasteiger partial charge in [-0.05, 0) is 55.8 Å². The van der Waals surface area contributed by atoms with E-state index in [-0.39, 0.29) is 0 Å². The summed E-state index contributed by atoms with van der Waals surface area (Å²) in [7, 11) is 0. The molecule has 0 fully saturated rings. The maximum Gasteiger partial charge on any atom is 0.238 e. The van der Waals surface area contributed by atoms with Crippen LogP contribution in [0.15, 0.2) is 48.7 Å². The van der Waals surface area contributed by atoms with E-state index >= 15 is 0 Å². The van der Waals surface area contributed by atoms with Gasteiger partial charge in [-0.3, -0.25) is 0 Å². The van der Waals surface area contributed by atoms with E-state index in [9.17, 15) is 0 Å². The molecule has 0 spiro atoms. The summed E-state index contributed by atoms with van der Waals surface area (Å²) in [6, 6.07) is 13.4. The average Bonchev–Trinajstić information content (AvgIpc) is 2.49. The van der Waals surface area contributed by atoms with E-state index < -0.39 is 0 Å². The van der Waals surface area contributed by atoms with Crippen LogP contribution in [-0.2, 0) is 0 Å². The van der Waals surface area contributed by atoms with Gasteiger partial charge in [-0.25, -0.2) is 9.97 Å². The third kappa shape index (κ3) is 3.11. The third-order valence-electron chi connectivity index (χ3n) is 3.03. The van der Waals surface area contributed by atoms with Gasteiger partial charge in [0, 0.05) is 0 Å². The molecule has 1 heterocycles. The summed E-state index contributed by atoms with van der Waals surface area (Å²) >= 11 is 0. The van der Waals surface area contributed by atoms with Crippen LogP contribution in [0.5, 0.6) is 17.4 Å². The number of nitrogens with zero attached hydrogens (tertiary/aromatic N) is 2. The lowest BCUT2D eigenvalue weighted by Gasteiger charge is -2.07. The molecule has 0 N–H and O–H groups in total. The highest BCUT2D eigenvalue weighted by Gasteiger charge is 2.03. The van der Waals surface area contributed by atoms with Crippen molar-refractivity contribution in [3.8, 4) is 17.4 Å². The van der Waals surface area contributed by atoms with E-state index in [4.69, 9.17) is 9.47 Å². The highest BCUT2D eigenvalue weighted by Crippen LogP contribution is 2.23. The lowest BCUT2D eigenvalue weighted by atomic mass is 10.2. The first-order valence-corrected chi connectivity index (χ1v) is 6.89. The first-order valence-electron chi connectivity index (χ1n) is 6.89. The molecular weight excluding hydrogens is 264 g/mol. The summed E-state index contributed by atoms with van der Waals surface area (Å²) in [4.78, 5) is 8.83. The van der Waals surface area contributed by atoms with Crippen molar-refractivity contribution >= 4 is 11.0 Å². The van der Waals surface area contributed by atoms with Crippen LogP contribution in [0.4, 0.5) is 0 Å². The molecule has 0 atom stereocenters. The van der Waals surface area contributed by atoms with Gasteiger partial charge in [-0.1, -0.05) is 6.07 Å². The molecule has 3 rings (SSSR count). The van der Waals surface area contributed by atoms with E-state index in [1.807, 2.05) is 56.3 Å². The molecule has 106 valence electrons. The number of aryl methyl sites for hydroxylation is 1. The van der Waals surface area contributed by atoms with E-state index in [1.165, 1.54) is 0 Å². The third-order valence-corrected chi connectivity index (χ3v) is 3.03. The molecule has 0 aliphatic heterocycles. The minimum atomic E-state index is 0.484. The molecule has 0 bridgehead atoms. The number of hydrogen-bond donors (Lipinski definition) is 0. The van der Waals surface area contributed by atoms with Crippen molar-refractivity contribution in [1.29, 1.82) is 0 Å². The van der Waals surface area contributed by atoms with Crippen LogP contribution < -0.4 is 9.47 Å². The van der Waals surface area contributed by atoms with E-state index in [0.717, 1.165) is 22.3 Å². The van der Waals surface area contributed by atoms with Crippen molar-refractivity contribution in [3.05, 3.63) is 54.2 Å². The van der Waals surface area contributed by atoms with Gasteiger partial charge < -0.3 is 9.47 Å². The molecule has 0 saturated carbocycles. The molecule has 0 amide bonds. The van der Waals surface area contributed by atoms with Gasteiger partial charge >= 0.3 is 0 Å². The Morgan fingerprint density at radius 3 is 2.48 bits per heavy atom. The van der Waals surface area contributed by atoms with Gasteiger partial charge in [-0.15, -0.1) is 0 Å². The zero-order chi connectivity index (χ0) is 14.7. The quantitative estimate of drug-likeness (QED) is 0.720. The minimum Gasteiger partial charge on any atom is -0.494 e. The highest BCUT2D eigenvalue weighted by molar-refractivity contribution is 5.75. The zero-order valence-electron chi connectivity index (χ0n) is 12.0. The molecule has 21 heavy (non-hydrogen) atoms. The monoisotopic (exact) mass is 280 g/mol. The van der Waals surface area contributed by atoms with Crippen LogP contribution in [-0.4, -0.2) is 16.6 Å². The molecule has 0 unspecified atom stereocenters. The van der Waals surface area contributed by atoms with Crippen molar-refractivity contribution < 1.29 is 9.47 Å². The number of benzene rings is 2. The molecule has 4 heteroatoms. The van der Waals surface area contributed by atoms with E-state index in [2.05, 4.69) is 9.97 Å². The SMILES string of the molecule is CCOc1ccc(Oc2cnc3ccc(C)cc3n2)cc1. The van der Waals surface area contributed by atoms with Crippen molar-refractivity contribution in [2.24, 2.45) is 0 Å². The van der Waals surface area contributed by atoms with Crippen LogP contribution >= 0.6 is 0 Å². The fourth-order valence-corrected chi connectivity index (χ4v) is 2.05. The summed E-state index contributed by atoms with van der Waals surface area (Å²) in [5.41, 5.74) is 2.84. The largest absolute Gasteiger partial charge is 0.494 e. The predicted molar refractivity (Wildman–Crippen MR) is 82.0 cm³/mol. The number of rotatable bonds is 4. The lowest BCUT2D eigenvalue weighted by Crippen LogP contribution is -1.93. The maximum atomic E-state index is 5.73. The molecule has 0 aliphatic carbocycles. The van der Waals surface area contributed by atoms with Gasteiger partial charge in [0.25, 0.3) is 0 Å². The van der Waals surface area contributed by atoms with Crippen molar-refractivity contribution in [3.63, 3.8) is 0 Å². The summed E-state index contributed by atoms with van der Waals surface area (Å²) in [5.74, 6) is 2.02. The number of aromatic nitrogens is 2. The molecule has 0 aliphatic rings. The second kappa shape index (κ2) is 5.79.